The topological polar surface area (TPSA) is 75.7 Å². The minimum Gasteiger partial charge on any atom is -0.379 e. The zero-order valence-electron chi connectivity index (χ0n) is 14.9. The van der Waals surface area contributed by atoms with E-state index in [1.165, 1.54) is 22.5 Å². The number of benzene rings is 2. The van der Waals surface area contributed by atoms with Gasteiger partial charge in [-0.3, -0.25) is 4.79 Å². The molecule has 2 aromatic rings. The highest BCUT2D eigenvalue weighted by Crippen LogP contribution is 2.18. The highest BCUT2D eigenvalue weighted by molar-refractivity contribution is 7.89. The van der Waals surface area contributed by atoms with Crippen LogP contribution in [0.1, 0.15) is 21.5 Å². The summed E-state index contributed by atoms with van der Waals surface area (Å²) >= 11 is 0. The molecule has 8 heteroatoms. The molecule has 1 amide bonds. The highest BCUT2D eigenvalue weighted by Gasteiger charge is 2.26. The normalized spacial score (nSPS) is 15.5. The lowest BCUT2D eigenvalue weighted by Gasteiger charge is -2.26. The number of nitrogens with zero attached hydrogens (tertiary/aromatic N) is 1. The van der Waals surface area contributed by atoms with Crippen molar-refractivity contribution in [3.05, 3.63) is 65.0 Å². The van der Waals surface area contributed by atoms with Gasteiger partial charge in [-0.2, -0.15) is 4.31 Å². The van der Waals surface area contributed by atoms with Gasteiger partial charge in [0.15, 0.2) is 0 Å². The van der Waals surface area contributed by atoms with E-state index < -0.39 is 15.8 Å². The maximum Gasteiger partial charge on any atom is 0.251 e. The van der Waals surface area contributed by atoms with Gasteiger partial charge in [-0.15, -0.1) is 0 Å². The molecule has 1 fully saturated rings. The second-order valence-corrected chi connectivity index (χ2v) is 8.24. The van der Waals surface area contributed by atoms with Crippen LogP contribution in [0.15, 0.2) is 47.4 Å². The van der Waals surface area contributed by atoms with Crippen molar-refractivity contribution >= 4 is 15.9 Å². The number of hydrogen-bond donors (Lipinski definition) is 1. The first kappa shape index (κ1) is 19.5. The summed E-state index contributed by atoms with van der Waals surface area (Å²) in [6, 6.07) is 10.7. The molecule has 144 valence electrons. The maximum absolute atomic E-state index is 13.6. The van der Waals surface area contributed by atoms with Crippen molar-refractivity contribution in [1.82, 2.24) is 9.62 Å². The van der Waals surface area contributed by atoms with Gasteiger partial charge in [-0.25, -0.2) is 12.8 Å². The van der Waals surface area contributed by atoms with Crippen molar-refractivity contribution < 1.29 is 22.3 Å². The van der Waals surface area contributed by atoms with Gasteiger partial charge >= 0.3 is 0 Å². The molecule has 2 aromatic carbocycles. The maximum atomic E-state index is 13.6. The lowest BCUT2D eigenvalue weighted by molar-refractivity contribution is 0.0730. The van der Waals surface area contributed by atoms with Crippen LogP contribution in [0, 0.1) is 12.7 Å². The van der Waals surface area contributed by atoms with Crippen molar-refractivity contribution in [1.29, 1.82) is 0 Å². The molecule has 1 heterocycles. The number of sulfonamides is 1. The number of halogens is 1. The molecule has 0 atom stereocenters. The van der Waals surface area contributed by atoms with E-state index in [9.17, 15) is 17.6 Å². The molecule has 1 N–H and O–H groups in total. The number of amides is 1. The van der Waals surface area contributed by atoms with Gasteiger partial charge in [0, 0.05) is 25.2 Å². The summed E-state index contributed by atoms with van der Waals surface area (Å²) in [4.78, 5) is 12.3. The van der Waals surface area contributed by atoms with Crippen molar-refractivity contribution in [2.75, 3.05) is 26.3 Å². The molecule has 0 aliphatic carbocycles. The van der Waals surface area contributed by atoms with Gasteiger partial charge in [0.1, 0.15) is 5.82 Å². The first-order valence-corrected chi connectivity index (χ1v) is 10.0. The van der Waals surface area contributed by atoms with Crippen LogP contribution in [-0.4, -0.2) is 44.9 Å². The van der Waals surface area contributed by atoms with Gasteiger partial charge in [-0.1, -0.05) is 18.2 Å². The zero-order valence-corrected chi connectivity index (χ0v) is 15.8. The Bertz CT molecular complexity index is 923. The molecule has 0 unspecified atom stereocenters. The van der Waals surface area contributed by atoms with Crippen molar-refractivity contribution in [2.45, 2.75) is 18.4 Å². The van der Waals surface area contributed by atoms with Crippen LogP contribution < -0.4 is 5.32 Å². The average molecular weight is 392 g/mol. The molecule has 1 aliphatic heterocycles. The van der Waals surface area contributed by atoms with Crippen molar-refractivity contribution in [3.63, 3.8) is 0 Å². The first-order valence-electron chi connectivity index (χ1n) is 8.59. The van der Waals surface area contributed by atoms with E-state index in [0.29, 0.717) is 31.9 Å². The smallest absolute Gasteiger partial charge is 0.251 e. The molecule has 1 aliphatic rings. The van der Waals surface area contributed by atoms with Gasteiger partial charge in [0.25, 0.3) is 5.91 Å². The molecule has 0 aromatic heterocycles. The van der Waals surface area contributed by atoms with Crippen molar-refractivity contribution in [2.24, 2.45) is 0 Å². The van der Waals surface area contributed by atoms with Gasteiger partial charge in [0.05, 0.1) is 18.1 Å². The molecule has 3 rings (SSSR count). The number of nitrogens with one attached hydrogen (secondary N) is 1. The predicted octanol–water partition coefficient (Wildman–Crippen LogP) is 2.09. The number of morpholine rings is 1. The summed E-state index contributed by atoms with van der Waals surface area (Å²) in [6.45, 7) is 3.31. The van der Waals surface area contributed by atoms with Crippen LogP contribution in [0.5, 0.6) is 0 Å². The molecule has 0 radical (unpaired) electrons. The Morgan fingerprint density at radius 1 is 1.15 bits per heavy atom. The van der Waals surface area contributed by atoms with E-state index in [0.717, 1.165) is 5.56 Å². The summed E-state index contributed by atoms with van der Waals surface area (Å²) in [5.41, 5.74) is 1.46. The minimum absolute atomic E-state index is 0.208. The van der Waals surface area contributed by atoms with Crippen molar-refractivity contribution in [3.8, 4) is 0 Å². The number of rotatable bonds is 5. The monoisotopic (exact) mass is 392 g/mol. The zero-order chi connectivity index (χ0) is 19.4. The Morgan fingerprint density at radius 2 is 1.81 bits per heavy atom. The van der Waals surface area contributed by atoms with E-state index in [1.54, 1.807) is 31.2 Å². The quantitative estimate of drug-likeness (QED) is 0.845. The second kappa shape index (κ2) is 8.16. The van der Waals surface area contributed by atoms with E-state index in [-0.39, 0.29) is 22.9 Å². The van der Waals surface area contributed by atoms with E-state index in [2.05, 4.69) is 5.32 Å². The first-order chi connectivity index (χ1) is 12.9. The van der Waals surface area contributed by atoms with Gasteiger partial charge in [0.2, 0.25) is 10.0 Å². The highest BCUT2D eigenvalue weighted by atomic mass is 32.2. The number of ether oxygens (including phenoxy) is 1. The Balaban J connectivity index is 1.63. The summed E-state index contributed by atoms with van der Waals surface area (Å²) in [7, 11) is -3.54. The fraction of sp³-hybridized carbons (Fsp3) is 0.316. The number of hydrogen-bond acceptors (Lipinski definition) is 4. The summed E-state index contributed by atoms with van der Waals surface area (Å²) < 4.78 is 45.3. The van der Waals surface area contributed by atoms with Crippen LogP contribution in [0.4, 0.5) is 4.39 Å². The third-order valence-corrected chi connectivity index (χ3v) is 6.33. The molecule has 1 saturated heterocycles. The lowest BCUT2D eigenvalue weighted by atomic mass is 10.1. The molecular formula is C19H21FN2O4S. The average Bonchev–Trinajstić information content (AvgIpc) is 2.69. The largest absolute Gasteiger partial charge is 0.379 e. The predicted molar refractivity (Wildman–Crippen MR) is 98.3 cm³/mol. The van der Waals surface area contributed by atoms with Crippen LogP contribution in [0.3, 0.4) is 0 Å². The fourth-order valence-electron chi connectivity index (χ4n) is 2.73. The SMILES string of the molecule is Cc1ccc(C(=O)NCc2ccc(S(=O)(=O)N3CCOCC3)cc2)cc1F. The number of carbonyl (C=O) groups is 1. The van der Waals surface area contributed by atoms with Gasteiger partial charge in [-0.05, 0) is 42.3 Å². The van der Waals surface area contributed by atoms with Gasteiger partial charge < -0.3 is 10.1 Å². The Morgan fingerprint density at radius 3 is 2.44 bits per heavy atom. The Labute approximate surface area is 158 Å². The lowest BCUT2D eigenvalue weighted by Crippen LogP contribution is -2.40. The second-order valence-electron chi connectivity index (χ2n) is 6.31. The molecule has 0 bridgehead atoms. The van der Waals surface area contributed by atoms with Crippen LogP contribution >= 0.6 is 0 Å². The Kier molecular flexibility index (Phi) is 5.88. The van der Waals surface area contributed by atoms with Crippen LogP contribution in [0.2, 0.25) is 0 Å². The molecular weight excluding hydrogens is 371 g/mol. The van der Waals surface area contributed by atoms with Crippen LogP contribution in [-0.2, 0) is 21.3 Å². The van der Waals surface area contributed by atoms with E-state index in [4.69, 9.17) is 4.74 Å². The summed E-state index contributed by atoms with van der Waals surface area (Å²) in [6.07, 6.45) is 0. The molecule has 0 saturated carbocycles. The van der Waals surface area contributed by atoms with Crippen LogP contribution in [0.25, 0.3) is 0 Å². The van der Waals surface area contributed by atoms with E-state index in [1.807, 2.05) is 0 Å². The minimum atomic E-state index is -3.54. The molecule has 6 nitrogen and oxygen atoms in total. The summed E-state index contributed by atoms with van der Waals surface area (Å²) in [5, 5.41) is 2.70. The number of carbonyl (C=O) groups excluding carboxylic acids is 1. The fourth-order valence-corrected chi connectivity index (χ4v) is 4.14. The third-order valence-electron chi connectivity index (χ3n) is 4.42. The van der Waals surface area contributed by atoms with E-state index >= 15 is 0 Å². The molecule has 27 heavy (non-hydrogen) atoms. The summed E-state index contributed by atoms with van der Waals surface area (Å²) in [5.74, 6) is -0.820. The molecule has 0 spiro atoms. The Hall–Kier alpha value is -2.29. The third kappa shape index (κ3) is 4.52. The standard InChI is InChI=1S/C19H21FN2O4S/c1-14-2-5-16(12-18(14)20)19(23)21-13-15-3-6-17(7-4-15)27(24,25)22-8-10-26-11-9-22/h2-7,12H,8-11,13H2,1H3,(H,21,23). The number of aryl methyl sites for hydroxylation is 1.